The minimum absolute atomic E-state index is 0.0320. The van der Waals surface area contributed by atoms with Crippen molar-refractivity contribution >= 4 is 16.0 Å². The lowest BCUT2D eigenvalue weighted by Crippen LogP contribution is -2.40. The Morgan fingerprint density at radius 1 is 1.31 bits per heavy atom. The van der Waals surface area contributed by atoms with Crippen LogP contribution in [0.3, 0.4) is 0 Å². The fraction of sp³-hybridized carbons (Fsp3) is 0.412. The molecule has 0 bridgehead atoms. The second-order valence-electron chi connectivity index (χ2n) is 6.17. The van der Waals surface area contributed by atoms with Crippen molar-refractivity contribution in [2.75, 3.05) is 13.1 Å². The van der Waals surface area contributed by atoms with Crippen LogP contribution in [0, 0.1) is 18.7 Å². The number of nitrogens with zero attached hydrogens (tertiary/aromatic N) is 2. The maximum atomic E-state index is 13.0. The van der Waals surface area contributed by atoms with Crippen LogP contribution in [0.4, 0.5) is 4.39 Å². The van der Waals surface area contributed by atoms with E-state index < -0.39 is 15.8 Å². The number of hydrogen-bond donors (Lipinski definition) is 0. The summed E-state index contributed by atoms with van der Waals surface area (Å²) >= 11 is 0. The van der Waals surface area contributed by atoms with Gasteiger partial charge in [-0.25, -0.2) is 12.8 Å². The van der Waals surface area contributed by atoms with E-state index in [0.717, 1.165) is 12.1 Å². The van der Waals surface area contributed by atoms with E-state index in [0.29, 0.717) is 24.3 Å². The molecule has 1 saturated heterocycles. The number of piperidine rings is 1. The van der Waals surface area contributed by atoms with E-state index in [1.165, 1.54) is 16.4 Å². The zero-order chi connectivity index (χ0) is 18.7. The smallest absolute Gasteiger partial charge is 0.309 e. The van der Waals surface area contributed by atoms with Crippen molar-refractivity contribution in [1.29, 1.82) is 0 Å². The van der Waals surface area contributed by atoms with Gasteiger partial charge in [0.1, 0.15) is 23.9 Å². The first-order chi connectivity index (χ1) is 12.4. The summed E-state index contributed by atoms with van der Waals surface area (Å²) in [5.41, 5.74) is 0.534. The van der Waals surface area contributed by atoms with Gasteiger partial charge < -0.3 is 9.26 Å². The standard InChI is InChI=1S/C17H19FN2O5S/c1-12-10-15(19-25-12)11-24-17(21)13-6-8-20(9-7-13)26(22,23)16-4-2-14(18)3-5-16/h2-5,10,13H,6-9,11H2,1H3. The van der Waals surface area contributed by atoms with Crippen molar-refractivity contribution in [2.45, 2.75) is 31.3 Å². The van der Waals surface area contributed by atoms with Crippen LogP contribution in [-0.4, -0.2) is 36.9 Å². The predicted molar refractivity (Wildman–Crippen MR) is 88.9 cm³/mol. The number of carbonyl (C=O) groups is 1. The average Bonchev–Trinajstić information content (AvgIpc) is 3.05. The number of aromatic nitrogens is 1. The summed E-state index contributed by atoms with van der Waals surface area (Å²) in [6.07, 6.45) is 0.744. The van der Waals surface area contributed by atoms with Gasteiger partial charge in [-0.3, -0.25) is 4.79 Å². The number of halogens is 1. The number of rotatable bonds is 5. The van der Waals surface area contributed by atoms with E-state index in [2.05, 4.69) is 5.16 Å². The molecule has 0 N–H and O–H groups in total. The van der Waals surface area contributed by atoms with Gasteiger partial charge in [-0.1, -0.05) is 5.16 Å². The summed E-state index contributed by atoms with van der Waals surface area (Å²) < 4.78 is 49.5. The SMILES string of the molecule is Cc1cc(COC(=O)C2CCN(S(=O)(=O)c3ccc(F)cc3)CC2)no1. The third kappa shape index (κ3) is 4.10. The Bertz CT molecular complexity index is 871. The molecule has 9 heteroatoms. The van der Waals surface area contributed by atoms with Crippen molar-refractivity contribution < 1.29 is 26.9 Å². The maximum Gasteiger partial charge on any atom is 0.309 e. The molecule has 0 amide bonds. The van der Waals surface area contributed by atoms with Crippen LogP contribution in [0.2, 0.25) is 0 Å². The average molecular weight is 382 g/mol. The van der Waals surface area contributed by atoms with Crippen LogP contribution in [0.1, 0.15) is 24.3 Å². The monoisotopic (exact) mass is 382 g/mol. The molecule has 1 aromatic heterocycles. The van der Waals surface area contributed by atoms with Crippen molar-refractivity contribution in [2.24, 2.45) is 5.92 Å². The molecule has 26 heavy (non-hydrogen) atoms. The zero-order valence-corrected chi connectivity index (χ0v) is 15.0. The number of benzene rings is 1. The first-order valence-electron chi connectivity index (χ1n) is 8.21. The minimum Gasteiger partial charge on any atom is -0.459 e. The molecule has 1 aliphatic heterocycles. The molecule has 1 fully saturated rings. The molecule has 0 atom stereocenters. The van der Waals surface area contributed by atoms with Crippen molar-refractivity contribution in [1.82, 2.24) is 9.46 Å². The Labute approximate surface area is 150 Å². The van der Waals surface area contributed by atoms with Gasteiger partial charge in [0.15, 0.2) is 0 Å². The summed E-state index contributed by atoms with van der Waals surface area (Å²) in [7, 11) is -3.69. The summed E-state index contributed by atoms with van der Waals surface area (Å²) in [5, 5.41) is 3.75. The highest BCUT2D eigenvalue weighted by molar-refractivity contribution is 7.89. The van der Waals surface area contributed by atoms with Crippen LogP contribution in [0.25, 0.3) is 0 Å². The molecule has 0 unspecified atom stereocenters. The fourth-order valence-corrected chi connectivity index (χ4v) is 4.31. The second-order valence-corrected chi connectivity index (χ2v) is 8.11. The molecule has 1 aliphatic rings. The highest BCUT2D eigenvalue weighted by Gasteiger charge is 2.32. The third-order valence-electron chi connectivity index (χ3n) is 4.28. The van der Waals surface area contributed by atoms with Gasteiger partial charge in [-0.15, -0.1) is 0 Å². The molecular weight excluding hydrogens is 363 g/mol. The Morgan fingerprint density at radius 3 is 2.54 bits per heavy atom. The summed E-state index contributed by atoms with van der Waals surface area (Å²) in [6, 6.07) is 6.40. The number of aryl methyl sites for hydroxylation is 1. The van der Waals surface area contributed by atoms with Crippen LogP contribution in [0.15, 0.2) is 39.8 Å². The van der Waals surface area contributed by atoms with Gasteiger partial charge in [0.05, 0.1) is 10.8 Å². The molecule has 1 aromatic carbocycles. The summed E-state index contributed by atoms with van der Waals surface area (Å²) in [4.78, 5) is 12.2. The Morgan fingerprint density at radius 2 is 1.96 bits per heavy atom. The molecule has 0 saturated carbocycles. The van der Waals surface area contributed by atoms with E-state index in [-0.39, 0.29) is 36.5 Å². The van der Waals surface area contributed by atoms with Crippen molar-refractivity contribution in [3.63, 3.8) is 0 Å². The lowest BCUT2D eigenvalue weighted by molar-refractivity contribution is -0.151. The third-order valence-corrected chi connectivity index (χ3v) is 6.19. The van der Waals surface area contributed by atoms with E-state index in [4.69, 9.17) is 9.26 Å². The van der Waals surface area contributed by atoms with Crippen molar-refractivity contribution in [3.8, 4) is 0 Å². The number of esters is 1. The molecular formula is C17H19FN2O5S. The van der Waals surface area contributed by atoms with E-state index in [9.17, 15) is 17.6 Å². The molecule has 0 aliphatic carbocycles. The number of carbonyl (C=O) groups excluding carboxylic acids is 1. The normalized spacial score (nSPS) is 16.5. The van der Waals surface area contributed by atoms with Gasteiger partial charge in [0, 0.05) is 19.2 Å². The first-order valence-corrected chi connectivity index (χ1v) is 9.65. The van der Waals surface area contributed by atoms with E-state index in [1.54, 1.807) is 13.0 Å². The fourth-order valence-electron chi connectivity index (χ4n) is 2.84. The van der Waals surface area contributed by atoms with Gasteiger partial charge in [-0.05, 0) is 44.0 Å². The number of hydrogen-bond acceptors (Lipinski definition) is 6. The lowest BCUT2D eigenvalue weighted by atomic mass is 9.98. The quantitative estimate of drug-likeness (QED) is 0.737. The number of ether oxygens (including phenoxy) is 1. The van der Waals surface area contributed by atoms with Gasteiger partial charge in [-0.2, -0.15) is 4.31 Å². The Hall–Kier alpha value is -2.26. The number of sulfonamides is 1. The van der Waals surface area contributed by atoms with Gasteiger partial charge >= 0.3 is 5.97 Å². The predicted octanol–water partition coefficient (Wildman–Crippen LogP) is 2.27. The topological polar surface area (TPSA) is 89.7 Å². The molecule has 2 aromatic rings. The first kappa shape index (κ1) is 18.5. The Kier molecular flexibility index (Phi) is 5.38. The summed E-state index contributed by atoms with van der Waals surface area (Å²) in [5.74, 6) is -0.588. The molecule has 7 nitrogen and oxygen atoms in total. The lowest BCUT2D eigenvalue weighted by Gasteiger charge is -2.30. The maximum absolute atomic E-state index is 13.0. The summed E-state index contributed by atoms with van der Waals surface area (Å²) in [6.45, 7) is 2.20. The van der Waals surface area contributed by atoms with E-state index in [1.807, 2.05) is 0 Å². The van der Waals surface area contributed by atoms with Crippen LogP contribution in [0.5, 0.6) is 0 Å². The largest absolute Gasteiger partial charge is 0.459 e. The molecule has 2 heterocycles. The minimum atomic E-state index is -3.69. The van der Waals surface area contributed by atoms with Crippen LogP contribution >= 0.6 is 0 Å². The van der Waals surface area contributed by atoms with Crippen LogP contribution in [-0.2, 0) is 26.2 Å². The second kappa shape index (κ2) is 7.55. The molecule has 0 radical (unpaired) electrons. The van der Waals surface area contributed by atoms with Gasteiger partial charge in [0.2, 0.25) is 10.0 Å². The highest BCUT2D eigenvalue weighted by Crippen LogP contribution is 2.25. The molecule has 140 valence electrons. The highest BCUT2D eigenvalue weighted by atomic mass is 32.2. The van der Waals surface area contributed by atoms with E-state index >= 15 is 0 Å². The zero-order valence-electron chi connectivity index (χ0n) is 14.2. The molecule has 0 spiro atoms. The molecule has 3 rings (SSSR count). The van der Waals surface area contributed by atoms with Crippen molar-refractivity contribution in [3.05, 3.63) is 47.6 Å². The van der Waals surface area contributed by atoms with Crippen LogP contribution < -0.4 is 0 Å². The van der Waals surface area contributed by atoms with Gasteiger partial charge in [0.25, 0.3) is 0 Å². The Balaban J connectivity index is 1.54.